The van der Waals surface area contributed by atoms with Crippen LogP contribution in [0.3, 0.4) is 0 Å². The standard InChI is InChI=1S/C13H21BrN2O.2ClH/c1-16(2)8-4-7-15-10-11-9-12(14)5-6-13(11)17-3;;/h5-6,9,15H,4,7-8,10H2,1-3H3;2*1H. The summed E-state index contributed by atoms with van der Waals surface area (Å²) >= 11 is 3.48. The summed E-state index contributed by atoms with van der Waals surface area (Å²) in [6.45, 7) is 2.98. The number of rotatable bonds is 7. The molecule has 3 nitrogen and oxygen atoms in total. The molecule has 1 aromatic carbocycles. The van der Waals surface area contributed by atoms with Gasteiger partial charge in [0, 0.05) is 16.6 Å². The molecule has 0 spiro atoms. The van der Waals surface area contributed by atoms with E-state index in [2.05, 4.69) is 46.3 Å². The van der Waals surface area contributed by atoms with Crippen LogP contribution in [0.25, 0.3) is 0 Å². The maximum absolute atomic E-state index is 5.33. The van der Waals surface area contributed by atoms with Gasteiger partial charge in [0.15, 0.2) is 0 Å². The van der Waals surface area contributed by atoms with Crippen LogP contribution in [0.2, 0.25) is 0 Å². The summed E-state index contributed by atoms with van der Waals surface area (Å²) in [6.07, 6.45) is 1.16. The molecule has 0 aliphatic carbocycles. The van der Waals surface area contributed by atoms with E-state index in [0.717, 1.165) is 36.3 Å². The minimum atomic E-state index is 0. The van der Waals surface area contributed by atoms with Crippen molar-refractivity contribution in [1.29, 1.82) is 0 Å². The number of benzene rings is 1. The minimum absolute atomic E-state index is 0. The SMILES string of the molecule is COc1ccc(Br)cc1CNCCCN(C)C.Cl.Cl. The third-order valence-corrected chi connectivity index (χ3v) is 3.01. The molecule has 0 saturated heterocycles. The molecule has 0 heterocycles. The average molecular weight is 374 g/mol. The molecular formula is C13H23BrCl2N2O. The van der Waals surface area contributed by atoms with Crippen molar-refractivity contribution in [2.45, 2.75) is 13.0 Å². The summed E-state index contributed by atoms with van der Waals surface area (Å²) in [5, 5.41) is 3.43. The lowest BCUT2D eigenvalue weighted by atomic mass is 10.2. The number of nitrogens with one attached hydrogen (secondary N) is 1. The van der Waals surface area contributed by atoms with E-state index in [4.69, 9.17) is 4.74 Å². The third-order valence-electron chi connectivity index (χ3n) is 2.52. The molecule has 0 aliphatic heterocycles. The molecule has 1 N–H and O–H groups in total. The topological polar surface area (TPSA) is 24.5 Å². The maximum Gasteiger partial charge on any atom is 0.123 e. The van der Waals surface area contributed by atoms with Gasteiger partial charge in [0.25, 0.3) is 0 Å². The van der Waals surface area contributed by atoms with E-state index >= 15 is 0 Å². The van der Waals surface area contributed by atoms with E-state index in [1.165, 1.54) is 5.56 Å². The van der Waals surface area contributed by atoms with Gasteiger partial charge in [-0.1, -0.05) is 15.9 Å². The molecule has 1 rings (SSSR count). The molecule has 112 valence electrons. The summed E-state index contributed by atoms with van der Waals surface area (Å²) < 4.78 is 6.41. The third kappa shape index (κ3) is 8.71. The molecule has 0 radical (unpaired) electrons. The Bertz CT molecular complexity index is 351. The molecule has 0 unspecified atom stereocenters. The Hall–Kier alpha value is -0.000000000000000222. The normalized spacial score (nSPS) is 9.74. The van der Waals surface area contributed by atoms with Gasteiger partial charge >= 0.3 is 0 Å². The first kappa shape index (κ1) is 21.3. The van der Waals surface area contributed by atoms with E-state index < -0.39 is 0 Å². The molecule has 0 aromatic heterocycles. The van der Waals surface area contributed by atoms with Crippen LogP contribution in [-0.2, 0) is 6.54 Å². The lowest BCUT2D eigenvalue weighted by Gasteiger charge is -2.12. The van der Waals surface area contributed by atoms with Gasteiger partial charge in [-0.3, -0.25) is 0 Å². The van der Waals surface area contributed by atoms with Crippen molar-refractivity contribution >= 4 is 40.7 Å². The molecule has 0 fully saturated rings. The zero-order valence-corrected chi connectivity index (χ0v) is 14.8. The lowest BCUT2D eigenvalue weighted by molar-refractivity contribution is 0.391. The van der Waals surface area contributed by atoms with Crippen molar-refractivity contribution in [2.75, 3.05) is 34.3 Å². The van der Waals surface area contributed by atoms with E-state index in [1.54, 1.807) is 7.11 Å². The van der Waals surface area contributed by atoms with E-state index in [9.17, 15) is 0 Å². The van der Waals surface area contributed by atoms with Gasteiger partial charge in [-0.05, 0) is 51.8 Å². The fourth-order valence-electron chi connectivity index (χ4n) is 1.63. The van der Waals surface area contributed by atoms with Crippen LogP contribution < -0.4 is 10.1 Å². The zero-order valence-electron chi connectivity index (χ0n) is 11.6. The maximum atomic E-state index is 5.33. The summed E-state index contributed by atoms with van der Waals surface area (Å²) in [4.78, 5) is 2.20. The molecule has 6 heteroatoms. The summed E-state index contributed by atoms with van der Waals surface area (Å²) in [5.41, 5.74) is 1.19. The highest BCUT2D eigenvalue weighted by molar-refractivity contribution is 9.10. The van der Waals surface area contributed by atoms with Crippen molar-refractivity contribution in [3.63, 3.8) is 0 Å². The second-order valence-electron chi connectivity index (χ2n) is 4.29. The molecule has 0 saturated carbocycles. The van der Waals surface area contributed by atoms with Gasteiger partial charge in [0.1, 0.15) is 5.75 Å². The van der Waals surface area contributed by atoms with Crippen LogP contribution in [0.4, 0.5) is 0 Å². The number of methoxy groups -OCH3 is 1. The Kier molecular flexibility index (Phi) is 13.2. The number of nitrogens with zero attached hydrogens (tertiary/aromatic N) is 1. The second kappa shape index (κ2) is 11.8. The molecular weight excluding hydrogens is 351 g/mol. The Morgan fingerprint density at radius 3 is 2.53 bits per heavy atom. The fourth-order valence-corrected chi connectivity index (χ4v) is 2.04. The quantitative estimate of drug-likeness (QED) is 0.741. The first-order chi connectivity index (χ1) is 8.13. The van der Waals surface area contributed by atoms with Crippen LogP contribution in [-0.4, -0.2) is 39.2 Å². The van der Waals surface area contributed by atoms with Crippen LogP contribution in [0.1, 0.15) is 12.0 Å². The van der Waals surface area contributed by atoms with Gasteiger partial charge in [-0.2, -0.15) is 0 Å². The highest BCUT2D eigenvalue weighted by Gasteiger charge is 2.02. The second-order valence-corrected chi connectivity index (χ2v) is 5.21. The largest absolute Gasteiger partial charge is 0.496 e. The molecule has 1 aromatic rings. The molecule has 0 amide bonds. The molecule has 0 bridgehead atoms. The van der Waals surface area contributed by atoms with Crippen LogP contribution in [0, 0.1) is 0 Å². The van der Waals surface area contributed by atoms with Gasteiger partial charge in [0.2, 0.25) is 0 Å². The van der Waals surface area contributed by atoms with Crippen molar-refractivity contribution in [3.8, 4) is 5.75 Å². The van der Waals surface area contributed by atoms with Crippen molar-refractivity contribution in [2.24, 2.45) is 0 Å². The lowest BCUT2D eigenvalue weighted by Crippen LogP contribution is -2.21. The smallest absolute Gasteiger partial charge is 0.123 e. The Morgan fingerprint density at radius 2 is 1.95 bits per heavy atom. The van der Waals surface area contributed by atoms with Crippen LogP contribution in [0.5, 0.6) is 5.75 Å². The van der Waals surface area contributed by atoms with Gasteiger partial charge in [-0.15, -0.1) is 24.8 Å². The van der Waals surface area contributed by atoms with E-state index in [1.807, 2.05) is 12.1 Å². The number of ether oxygens (including phenoxy) is 1. The van der Waals surface area contributed by atoms with Crippen LogP contribution in [0.15, 0.2) is 22.7 Å². The summed E-state index contributed by atoms with van der Waals surface area (Å²) in [5.74, 6) is 0.938. The molecule has 0 aliphatic rings. The average Bonchev–Trinajstić information content (AvgIpc) is 2.28. The van der Waals surface area contributed by atoms with E-state index in [0.29, 0.717) is 0 Å². The van der Waals surface area contributed by atoms with Crippen molar-refractivity contribution < 1.29 is 4.74 Å². The first-order valence-electron chi connectivity index (χ1n) is 5.81. The highest BCUT2D eigenvalue weighted by atomic mass is 79.9. The van der Waals surface area contributed by atoms with Crippen molar-refractivity contribution in [3.05, 3.63) is 28.2 Å². The van der Waals surface area contributed by atoms with Gasteiger partial charge in [0.05, 0.1) is 7.11 Å². The molecule has 19 heavy (non-hydrogen) atoms. The fraction of sp³-hybridized carbons (Fsp3) is 0.538. The Balaban J connectivity index is 0. The zero-order chi connectivity index (χ0) is 12.7. The number of hydrogen-bond donors (Lipinski definition) is 1. The predicted octanol–water partition coefficient (Wildman–Crippen LogP) is 3.34. The highest BCUT2D eigenvalue weighted by Crippen LogP contribution is 2.22. The van der Waals surface area contributed by atoms with Gasteiger partial charge in [-0.25, -0.2) is 0 Å². The number of halogens is 3. The van der Waals surface area contributed by atoms with Gasteiger partial charge < -0.3 is 15.0 Å². The van der Waals surface area contributed by atoms with Crippen LogP contribution >= 0.6 is 40.7 Å². The first-order valence-corrected chi connectivity index (χ1v) is 6.60. The Morgan fingerprint density at radius 1 is 1.26 bits per heavy atom. The predicted molar refractivity (Wildman–Crippen MR) is 90.1 cm³/mol. The number of hydrogen-bond acceptors (Lipinski definition) is 3. The molecule has 0 atom stereocenters. The monoisotopic (exact) mass is 372 g/mol. The van der Waals surface area contributed by atoms with Crippen molar-refractivity contribution in [1.82, 2.24) is 10.2 Å². The summed E-state index contributed by atoms with van der Waals surface area (Å²) in [6, 6.07) is 6.08. The minimum Gasteiger partial charge on any atom is -0.496 e. The Labute approximate surface area is 137 Å². The summed E-state index contributed by atoms with van der Waals surface area (Å²) in [7, 11) is 5.90. The van der Waals surface area contributed by atoms with E-state index in [-0.39, 0.29) is 24.8 Å².